The molecule has 2 nitrogen and oxygen atoms in total. The predicted octanol–water partition coefficient (Wildman–Crippen LogP) is 4.67. The SMILES string of the molecule is O=C(c1ccc(Br)cc1)c1cccc(CN2CCCCC2)c1. The molecule has 0 saturated carbocycles. The molecule has 114 valence electrons. The molecular weight excluding hydrogens is 338 g/mol. The minimum absolute atomic E-state index is 0.0907. The van der Waals surface area contributed by atoms with Gasteiger partial charge in [-0.3, -0.25) is 9.69 Å². The van der Waals surface area contributed by atoms with E-state index in [2.05, 4.69) is 26.9 Å². The first-order valence-electron chi connectivity index (χ1n) is 7.84. The van der Waals surface area contributed by atoms with Crippen LogP contribution in [0.4, 0.5) is 0 Å². The lowest BCUT2D eigenvalue weighted by molar-refractivity contribution is 0.103. The molecule has 1 saturated heterocycles. The second-order valence-corrected chi connectivity index (χ2v) is 6.79. The average Bonchev–Trinajstić information content (AvgIpc) is 2.56. The highest BCUT2D eigenvalue weighted by Gasteiger charge is 2.13. The van der Waals surface area contributed by atoms with Gasteiger partial charge >= 0.3 is 0 Å². The molecule has 2 aromatic carbocycles. The van der Waals surface area contributed by atoms with Gasteiger partial charge in [-0.25, -0.2) is 0 Å². The summed E-state index contributed by atoms with van der Waals surface area (Å²) in [5.41, 5.74) is 2.74. The maximum absolute atomic E-state index is 12.6. The third kappa shape index (κ3) is 3.84. The fraction of sp³-hybridized carbons (Fsp3) is 0.316. The normalized spacial score (nSPS) is 15.7. The molecule has 0 unspecified atom stereocenters. The summed E-state index contributed by atoms with van der Waals surface area (Å²) in [4.78, 5) is 15.1. The summed E-state index contributed by atoms with van der Waals surface area (Å²) >= 11 is 3.40. The molecule has 0 spiro atoms. The molecule has 0 N–H and O–H groups in total. The Balaban J connectivity index is 1.75. The first kappa shape index (κ1) is 15.4. The second-order valence-electron chi connectivity index (χ2n) is 5.87. The Labute approximate surface area is 140 Å². The fourth-order valence-electron chi connectivity index (χ4n) is 2.95. The molecule has 2 aromatic rings. The summed E-state index contributed by atoms with van der Waals surface area (Å²) in [5, 5.41) is 0. The van der Waals surface area contributed by atoms with Crippen molar-refractivity contribution in [2.75, 3.05) is 13.1 Å². The van der Waals surface area contributed by atoms with Crippen molar-refractivity contribution in [1.82, 2.24) is 4.90 Å². The van der Waals surface area contributed by atoms with Gasteiger partial charge < -0.3 is 0 Å². The van der Waals surface area contributed by atoms with Gasteiger partial charge in [0.1, 0.15) is 0 Å². The monoisotopic (exact) mass is 357 g/mol. The van der Waals surface area contributed by atoms with Crippen molar-refractivity contribution in [3.05, 3.63) is 69.7 Å². The number of benzene rings is 2. The van der Waals surface area contributed by atoms with Crippen LogP contribution in [-0.4, -0.2) is 23.8 Å². The Morgan fingerprint density at radius 1 is 0.955 bits per heavy atom. The molecule has 0 aliphatic carbocycles. The number of rotatable bonds is 4. The predicted molar refractivity (Wildman–Crippen MR) is 93.1 cm³/mol. The van der Waals surface area contributed by atoms with Crippen LogP contribution >= 0.6 is 15.9 Å². The van der Waals surface area contributed by atoms with E-state index in [0.717, 1.165) is 22.1 Å². The smallest absolute Gasteiger partial charge is 0.193 e. The van der Waals surface area contributed by atoms with Crippen molar-refractivity contribution < 1.29 is 4.79 Å². The van der Waals surface area contributed by atoms with Crippen LogP contribution in [0.1, 0.15) is 40.7 Å². The Kier molecular flexibility index (Phi) is 5.06. The summed E-state index contributed by atoms with van der Waals surface area (Å²) in [6.45, 7) is 3.29. The van der Waals surface area contributed by atoms with E-state index in [1.165, 1.54) is 37.9 Å². The summed E-state index contributed by atoms with van der Waals surface area (Å²) < 4.78 is 0.989. The molecule has 0 amide bonds. The van der Waals surface area contributed by atoms with Gasteiger partial charge in [0.05, 0.1) is 0 Å². The van der Waals surface area contributed by atoms with E-state index in [4.69, 9.17) is 0 Å². The minimum atomic E-state index is 0.0907. The highest BCUT2D eigenvalue weighted by Crippen LogP contribution is 2.17. The quantitative estimate of drug-likeness (QED) is 0.741. The molecule has 22 heavy (non-hydrogen) atoms. The zero-order chi connectivity index (χ0) is 15.4. The topological polar surface area (TPSA) is 20.3 Å². The van der Waals surface area contributed by atoms with E-state index in [-0.39, 0.29) is 5.78 Å². The van der Waals surface area contributed by atoms with Gasteiger partial charge in [0.25, 0.3) is 0 Å². The summed E-state index contributed by atoms with van der Waals surface area (Å²) in [7, 11) is 0. The van der Waals surface area contributed by atoms with Gasteiger partial charge in [-0.1, -0.05) is 40.5 Å². The molecule has 3 heteroatoms. The van der Waals surface area contributed by atoms with E-state index in [1.54, 1.807) is 0 Å². The Bertz CT molecular complexity index is 645. The van der Waals surface area contributed by atoms with Gasteiger partial charge in [0, 0.05) is 22.1 Å². The van der Waals surface area contributed by atoms with Crippen LogP contribution in [0.5, 0.6) is 0 Å². The zero-order valence-corrected chi connectivity index (χ0v) is 14.2. The molecular formula is C19H20BrNO. The number of carbonyl (C=O) groups is 1. The van der Waals surface area contributed by atoms with Crippen molar-refractivity contribution in [2.45, 2.75) is 25.8 Å². The molecule has 0 radical (unpaired) electrons. The molecule has 0 aromatic heterocycles. The van der Waals surface area contributed by atoms with E-state index < -0.39 is 0 Å². The molecule has 1 aliphatic rings. The van der Waals surface area contributed by atoms with Gasteiger partial charge in [0.2, 0.25) is 0 Å². The maximum atomic E-state index is 12.6. The molecule has 1 aliphatic heterocycles. The number of carbonyl (C=O) groups excluding carboxylic acids is 1. The molecule has 1 fully saturated rings. The number of ketones is 1. The summed E-state index contributed by atoms with van der Waals surface area (Å²) in [6, 6.07) is 15.6. The highest BCUT2D eigenvalue weighted by molar-refractivity contribution is 9.10. The standard InChI is InChI=1S/C19H20BrNO/c20-18-9-7-16(8-10-18)19(22)17-6-4-5-15(13-17)14-21-11-2-1-3-12-21/h4-10,13H,1-3,11-12,14H2. The summed E-state index contributed by atoms with van der Waals surface area (Å²) in [5.74, 6) is 0.0907. The lowest BCUT2D eigenvalue weighted by Gasteiger charge is -2.26. The third-order valence-electron chi connectivity index (χ3n) is 4.15. The highest BCUT2D eigenvalue weighted by atomic mass is 79.9. The Morgan fingerprint density at radius 2 is 1.68 bits per heavy atom. The van der Waals surface area contributed by atoms with Crippen molar-refractivity contribution in [3.8, 4) is 0 Å². The number of nitrogens with zero attached hydrogens (tertiary/aromatic N) is 1. The average molecular weight is 358 g/mol. The van der Waals surface area contributed by atoms with Crippen molar-refractivity contribution in [2.24, 2.45) is 0 Å². The molecule has 1 heterocycles. The van der Waals surface area contributed by atoms with Crippen LogP contribution in [0.15, 0.2) is 53.0 Å². The fourth-order valence-corrected chi connectivity index (χ4v) is 3.22. The second kappa shape index (κ2) is 7.21. The zero-order valence-electron chi connectivity index (χ0n) is 12.6. The van der Waals surface area contributed by atoms with Crippen LogP contribution in [0, 0.1) is 0 Å². The number of hydrogen-bond donors (Lipinski definition) is 0. The minimum Gasteiger partial charge on any atom is -0.299 e. The van der Waals surface area contributed by atoms with E-state index >= 15 is 0 Å². The van der Waals surface area contributed by atoms with Crippen LogP contribution in [-0.2, 0) is 6.54 Å². The largest absolute Gasteiger partial charge is 0.299 e. The number of hydrogen-bond acceptors (Lipinski definition) is 2. The molecule has 3 rings (SSSR count). The van der Waals surface area contributed by atoms with Crippen LogP contribution in [0.3, 0.4) is 0 Å². The molecule has 0 atom stereocenters. The van der Waals surface area contributed by atoms with E-state index in [1.807, 2.05) is 42.5 Å². The lowest BCUT2D eigenvalue weighted by atomic mass is 10.0. The van der Waals surface area contributed by atoms with Gasteiger partial charge in [-0.05, 0) is 61.8 Å². The van der Waals surface area contributed by atoms with Crippen molar-refractivity contribution in [3.63, 3.8) is 0 Å². The summed E-state index contributed by atoms with van der Waals surface area (Å²) in [6.07, 6.45) is 3.92. The van der Waals surface area contributed by atoms with Crippen LogP contribution in [0.2, 0.25) is 0 Å². The lowest BCUT2D eigenvalue weighted by Crippen LogP contribution is -2.29. The maximum Gasteiger partial charge on any atom is 0.193 e. The first-order valence-corrected chi connectivity index (χ1v) is 8.63. The van der Waals surface area contributed by atoms with Gasteiger partial charge in [0.15, 0.2) is 5.78 Å². The van der Waals surface area contributed by atoms with E-state index in [0.29, 0.717) is 0 Å². The van der Waals surface area contributed by atoms with Crippen molar-refractivity contribution >= 4 is 21.7 Å². The van der Waals surface area contributed by atoms with Gasteiger partial charge in [-0.15, -0.1) is 0 Å². The Hall–Kier alpha value is -1.45. The van der Waals surface area contributed by atoms with Crippen molar-refractivity contribution in [1.29, 1.82) is 0 Å². The number of halogens is 1. The molecule has 0 bridgehead atoms. The van der Waals surface area contributed by atoms with Gasteiger partial charge in [-0.2, -0.15) is 0 Å². The van der Waals surface area contributed by atoms with Crippen LogP contribution < -0.4 is 0 Å². The van der Waals surface area contributed by atoms with Crippen LogP contribution in [0.25, 0.3) is 0 Å². The first-order chi connectivity index (χ1) is 10.7. The Morgan fingerprint density at radius 3 is 2.41 bits per heavy atom. The number of piperidine rings is 1. The van der Waals surface area contributed by atoms with E-state index in [9.17, 15) is 4.79 Å². The number of likely N-dealkylation sites (tertiary alicyclic amines) is 1. The third-order valence-corrected chi connectivity index (χ3v) is 4.68.